The number of carbonyl (C=O) groups excluding carboxylic acids is 1. The highest BCUT2D eigenvalue weighted by Crippen LogP contribution is 2.26. The first-order valence-electron chi connectivity index (χ1n) is 6.03. The molecule has 0 aliphatic heterocycles. The number of hydrogen-bond acceptors (Lipinski definition) is 5. The van der Waals surface area contributed by atoms with Crippen LogP contribution in [0.5, 0.6) is 5.75 Å². The van der Waals surface area contributed by atoms with Gasteiger partial charge in [-0.05, 0) is 24.4 Å². The second kappa shape index (κ2) is 6.38. The summed E-state index contributed by atoms with van der Waals surface area (Å²) in [5, 5.41) is 1.90. The summed E-state index contributed by atoms with van der Waals surface area (Å²) >= 11 is 1.51. The van der Waals surface area contributed by atoms with E-state index < -0.39 is 11.8 Å². The van der Waals surface area contributed by atoms with Crippen molar-refractivity contribution >= 4 is 23.0 Å². The predicted molar refractivity (Wildman–Crippen MR) is 75.4 cm³/mol. The van der Waals surface area contributed by atoms with E-state index in [1.54, 1.807) is 6.92 Å². The molecule has 0 fully saturated rings. The molecule has 0 saturated carbocycles. The van der Waals surface area contributed by atoms with Gasteiger partial charge in [0.25, 0.3) is 0 Å². The van der Waals surface area contributed by atoms with E-state index in [0.29, 0.717) is 0 Å². The molecule has 6 heteroatoms. The summed E-state index contributed by atoms with van der Waals surface area (Å²) in [6.07, 6.45) is 0. The molecular formula is C14H14FNO3S. The van der Waals surface area contributed by atoms with Crippen LogP contribution in [0.25, 0.3) is 0 Å². The minimum absolute atomic E-state index is 0.0179. The van der Waals surface area contributed by atoms with Crippen LogP contribution in [0, 0.1) is 5.82 Å². The van der Waals surface area contributed by atoms with E-state index in [1.807, 2.05) is 17.5 Å². The Morgan fingerprint density at radius 2 is 2.25 bits per heavy atom. The summed E-state index contributed by atoms with van der Waals surface area (Å²) in [5.41, 5.74) is 5.76. The number of anilines is 1. The highest BCUT2D eigenvalue weighted by molar-refractivity contribution is 7.09. The van der Waals surface area contributed by atoms with Gasteiger partial charge in [-0.1, -0.05) is 6.07 Å². The second-order valence-corrected chi connectivity index (χ2v) is 4.99. The normalized spacial score (nSPS) is 10.3. The monoisotopic (exact) mass is 295 g/mol. The maximum absolute atomic E-state index is 13.8. The molecule has 1 aromatic carbocycles. The Morgan fingerprint density at radius 1 is 1.45 bits per heavy atom. The molecule has 4 nitrogen and oxygen atoms in total. The summed E-state index contributed by atoms with van der Waals surface area (Å²) in [7, 11) is 0. The molecular weight excluding hydrogens is 281 g/mol. The topological polar surface area (TPSA) is 61.5 Å². The maximum Gasteiger partial charge on any atom is 0.340 e. The van der Waals surface area contributed by atoms with Gasteiger partial charge in [0.05, 0.1) is 12.2 Å². The number of carbonyl (C=O) groups is 1. The van der Waals surface area contributed by atoms with Crippen LogP contribution in [0.15, 0.2) is 29.6 Å². The van der Waals surface area contributed by atoms with Gasteiger partial charge in [0.15, 0.2) is 11.6 Å². The largest absolute Gasteiger partial charge is 0.485 e. The fourth-order valence-electron chi connectivity index (χ4n) is 1.61. The first-order valence-corrected chi connectivity index (χ1v) is 6.91. The average molecular weight is 295 g/mol. The Labute approximate surface area is 119 Å². The predicted octanol–water partition coefficient (Wildman–Crippen LogP) is 3.23. The molecule has 1 heterocycles. The lowest BCUT2D eigenvalue weighted by Crippen LogP contribution is -2.09. The SMILES string of the molecule is CCOC(=O)c1cc(OCc2cccs2)c(F)cc1N. The van der Waals surface area contributed by atoms with Crippen molar-refractivity contribution in [1.82, 2.24) is 0 Å². The van der Waals surface area contributed by atoms with E-state index in [0.717, 1.165) is 10.9 Å². The number of hydrogen-bond donors (Lipinski definition) is 1. The van der Waals surface area contributed by atoms with Crippen molar-refractivity contribution in [3.63, 3.8) is 0 Å². The molecule has 0 aliphatic carbocycles. The zero-order chi connectivity index (χ0) is 14.5. The minimum Gasteiger partial charge on any atom is -0.485 e. The number of halogens is 1. The summed E-state index contributed by atoms with van der Waals surface area (Å²) in [6.45, 7) is 2.15. The fourth-order valence-corrected chi connectivity index (χ4v) is 2.22. The van der Waals surface area contributed by atoms with Gasteiger partial charge < -0.3 is 15.2 Å². The van der Waals surface area contributed by atoms with Gasteiger partial charge in [-0.2, -0.15) is 0 Å². The molecule has 1 aromatic heterocycles. The fraction of sp³-hybridized carbons (Fsp3) is 0.214. The molecule has 0 amide bonds. The van der Waals surface area contributed by atoms with Gasteiger partial charge in [-0.25, -0.2) is 9.18 Å². The van der Waals surface area contributed by atoms with Crippen LogP contribution >= 0.6 is 11.3 Å². The van der Waals surface area contributed by atoms with Crippen LogP contribution in [-0.2, 0) is 11.3 Å². The van der Waals surface area contributed by atoms with Crippen molar-refractivity contribution in [3.8, 4) is 5.75 Å². The van der Waals surface area contributed by atoms with Gasteiger partial charge in [0.2, 0.25) is 0 Å². The van der Waals surface area contributed by atoms with Crippen LogP contribution in [0.2, 0.25) is 0 Å². The number of esters is 1. The highest BCUT2D eigenvalue weighted by Gasteiger charge is 2.16. The Hall–Kier alpha value is -2.08. The lowest BCUT2D eigenvalue weighted by molar-refractivity contribution is 0.0527. The molecule has 0 saturated heterocycles. The molecule has 0 radical (unpaired) electrons. The van der Waals surface area contributed by atoms with Gasteiger partial charge in [-0.15, -0.1) is 11.3 Å². The molecule has 0 spiro atoms. The summed E-state index contributed by atoms with van der Waals surface area (Å²) in [5.74, 6) is -1.21. The van der Waals surface area contributed by atoms with Gasteiger partial charge in [0, 0.05) is 16.6 Å². The second-order valence-electron chi connectivity index (χ2n) is 3.96. The quantitative estimate of drug-likeness (QED) is 0.679. The maximum atomic E-state index is 13.8. The standard InChI is InChI=1S/C14H14FNO3S/c1-2-18-14(17)10-6-13(11(15)7-12(10)16)19-8-9-4-3-5-20-9/h3-7H,2,8,16H2,1H3. The number of nitrogen functional groups attached to an aromatic ring is 1. The van der Waals surface area contributed by atoms with Crippen molar-refractivity contribution in [2.24, 2.45) is 0 Å². The van der Waals surface area contributed by atoms with E-state index >= 15 is 0 Å². The first kappa shape index (κ1) is 14.3. The molecule has 0 atom stereocenters. The molecule has 20 heavy (non-hydrogen) atoms. The van der Waals surface area contributed by atoms with Gasteiger partial charge in [-0.3, -0.25) is 0 Å². The van der Waals surface area contributed by atoms with Crippen molar-refractivity contribution in [2.45, 2.75) is 13.5 Å². The summed E-state index contributed by atoms with van der Waals surface area (Å²) in [4.78, 5) is 12.6. The number of rotatable bonds is 5. The summed E-state index contributed by atoms with van der Waals surface area (Å²) < 4.78 is 24.0. The van der Waals surface area contributed by atoms with Crippen molar-refractivity contribution < 1.29 is 18.7 Å². The molecule has 0 unspecified atom stereocenters. The molecule has 2 N–H and O–H groups in total. The lowest BCUT2D eigenvalue weighted by atomic mass is 10.1. The van der Waals surface area contributed by atoms with Crippen LogP contribution in [0.1, 0.15) is 22.2 Å². The van der Waals surface area contributed by atoms with E-state index in [-0.39, 0.29) is 30.2 Å². The minimum atomic E-state index is -0.605. The van der Waals surface area contributed by atoms with E-state index in [2.05, 4.69) is 0 Å². The van der Waals surface area contributed by atoms with Crippen molar-refractivity contribution in [1.29, 1.82) is 0 Å². The van der Waals surface area contributed by atoms with E-state index in [4.69, 9.17) is 15.2 Å². The number of nitrogens with two attached hydrogens (primary N) is 1. The number of ether oxygens (including phenoxy) is 2. The van der Waals surface area contributed by atoms with E-state index in [9.17, 15) is 9.18 Å². The van der Waals surface area contributed by atoms with Crippen LogP contribution in [-0.4, -0.2) is 12.6 Å². The van der Waals surface area contributed by atoms with Crippen molar-refractivity contribution in [2.75, 3.05) is 12.3 Å². The Balaban J connectivity index is 2.19. The van der Waals surface area contributed by atoms with Crippen molar-refractivity contribution in [3.05, 3.63) is 45.9 Å². The highest BCUT2D eigenvalue weighted by atomic mass is 32.1. The molecule has 0 bridgehead atoms. The van der Waals surface area contributed by atoms with Crippen LogP contribution in [0.3, 0.4) is 0 Å². The summed E-state index contributed by atoms with van der Waals surface area (Å²) in [6, 6.07) is 6.10. The lowest BCUT2D eigenvalue weighted by Gasteiger charge is -2.10. The zero-order valence-corrected chi connectivity index (χ0v) is 11.7. The number of thiophene rings is 1. The van der Waals surface area contributed by atoms with Gasteiger partial charge >= 0.3 is 5.97 Å². The number of benzene rings is 1. The zero-order valence-electron chi connectivity index (χ0n) is 10.9. The molecule has 0 aliphatic rings. The Bertz CT molecular complexity index is 599. The molecule has 2 aromatic rings. The molecule has 2 rings (SSSR count). The van der Waals surface area contributed by atoms with Gasteiger partial charge in [0.1, 0.15) is 6.61 Å². The third-order valence-electron chi connectivity index (χ3n) is 2.55. The third-order valence-corrected chi connectivity index (χ3v) is 3.40. The third kappa shape index (κ3) is 3.27. The Kier molecular flexibility index (Phi) is 4.57. The first-order chi connectivity index (χ1) is 9.61. The molecule has 106 valence electrons. The smallest absolute Gasteiger partial charge is 0.340 e. The Morgan fingerprint density at radius 3 is 2.90 bits per heavy atom. The van der Waals surface area contributed by atoms with Crippen LogP contribution in [0.4, 0.5) is 10.1 Å². The average Bonchev–Trinajstić information content (AvgIpc) is 2.91. The van der Waals surface area contributed by atoms with E-state index in [1.165, 1.54) is 17.4 Å². The van der Waals surface area contributed by atoms with Crippen LogP contribution < -0.4 is 10.5 Å².